The first kappa shape index (κ1) is 27.0. The number of carboxylic acid groups (broad SMARTS) is 1. The van der Waals surface area contributed by atoms with Gasteiger partial charge in [0.2, 0.25) is 0 Å². The molecule has 1 N–H and O–H groups in total. The third kappa shape index (κ3) is 5.82. The Bertz CT molecular complexity index is 900. The lowest BCUT2D eigenvalue weighted by Crippen LogP contribution is -2.61. The molecule has 0 unspecified atom stereocenters. The average molecular weight is 458 g/mol. The number of nitrogens with zero attached hydrogens (tertiary/aromatic N) is 2. The number of ether oxygens (including phenoxy) is 1. The van der Waals surface area contributed by atoms with E-state index in [1.54, 1.807) is 12.1 Å². The summed E-state index contributed by atoms with van der Waals surface area (Å²) in [6.07, 6.45) is -0.379. The first-order valence-electron chi connectivity index (χ1n) is 11.5. The molecule has 33 heavy (non-hydrogen) atoms. The molecule has 0 saturated carbocycles. The van der Waals surface area contributed by atoms with Gasteiger partial charge in [-0.1, -0.05) is 19.9 Å². The molecular formula is C25H39BN2O5. The number of hydrogen-bond acceptors (Lipinski definition) is 5. The maximum absolute atomic E-state index is 12.2. The Labute approximate surface area is 199 Å². The Balaban J connectivity index is 2.32. The molecule has 8 heteroatoms. The molecule has 182 valence electrons. The van der Waals surface area contributed by atoms with Gasteiger partial charge < -0.3 is 19.2 Å². The fourth-order valence-corrected chi connectivity index (χ4v) is 4.54. The minimum absolute atomic E-state index is 0.124. The molecule has 0 aliphatic carbocycles. The molecule has 0 radical (unpaired) electrons. The second-order valence-electron chi connectivity index (χ2n) is 11.6. The van der Waals surface area contributed by atoms with Crippen molar-refractivity contribution < 1.29 is 23.9 Å². The van der Waals surface area contributed by atoms with E-state index in [2.05, 4.69) is 19.9 Å². The normalized spacial score (nSPS) is 19.2. The van der Waals surface area contributed by atoms with E-state index in [-0.39, 0.29) is 12.5 Å². The van der Waals surface area contributed by atoms with Gasteiger partial charge in [-0.2, -0.15) is 5.26 Å². The Morgan fingerprint density at radius 2 is 1.73 bits per heavy atom. The lowest BCUT2D eigenvalue weighted by Gasteiger charge is -2.47. The summed E-state index contributed by atoms with van der Waals surface area (Å²) in [4.78, 5) is 13.7. The van der Waals surface area contributed by atoms with Crippen LogP contribution in [0.15, 0.2) is 18.2 Å². The molecule has 2 rings (SSSR count). The summed E-state index contributed by atoms with van der Waals surface area (Å²) in [5.74, 6) is 0.663. The predicted molar refractivity (Wildman–Crippen MR) is 130 cm³/mol. The van der Waals surface area contributed by atoms with Gasteiger partial charge in [0.1, 0.15) is 18.4 Å². The van der Waals surface area contributed by atoms with Gasteiger partial charge in [-0.3, -0.25) is 4.90 Å². The summed E-state index contributed by atoms with van der Waals surface area (Å²) in [5.41, 5.74) is -1.26. The van der Waals surface area contributed by atoms with E-state index in [1.165, 1.54) is 4.90 Å². The number of carbonyl (C=O) groups is 1. The largest absolute Gasteiger partial charge is 0.494 e. The van der Waals surface area contributed by atoms with Crippen molar-refractivity contribution in [3.8, 4) is 11.8 Å². The van der Waals surface area contributed by atoms with E-state index in [0.29, 0.717) is 17.7 Å². The quantitative estimate of drug-likeness (QED) is 0.589. The highest BCUT2D eigenvalue weighted by Crippen LogP contribution is 2.37. The minimum atomic E-state index is -0.995. The maximum Gasteiger partial charge on any atom is 0.494 e. The molecule has 1 atom stereocenters. The van der Waals surface area contributed by atoms with Crippen LogP contribution < -0.4 is 10.2 Å². The zero-order valence-corrected chi connectivity index (χ0v) is 21.8. The third-order valence-corrected chi connectivity index (χ3v) is 6.44. The van der Waals surface area contributed by atoms with Crippen LogP contribution in [0.4, 0.5) is 4.79 Å². The Hall–Kier alpha value is -2.24. The van der Waals surface area contributed by atoms with Crippen LogP contribution in [0.2, 0.25) is 0 Å². The van der Waals surface area contributed by atoms with Crippen LogP contribution in [-0.4, -0.2) is 52.1 Å². The van der Waals surface area contributed by atoms with Gasteiger partial charge in [0.05, 0.1) is 22.3 Å². The number of benzene rings is 1. The average Bonchev–Trinajstić information content (AvgIpc) is 2.85. The van der Waals surface area contributed by atoms with Crippen molar-refractivity contribution in [3.05, 3.63) is 23.8 Å². The van der Waals surface area contributed by atoms with Gasteiger partial charge in [0.15, 0.2) is 0 Å². The monoisotopic (exact) mass is 458 g/mol. The highest BCUT2D eigenvalue weighted by atomic mass is 16.7. The SMILES string of the molecule is CC(C)C[C@@](C)(COc1ccc(B2OC(C)(C)C(C)(C)O2)cc1C#N)N(C(=O)O)C(C)(C)C. The molecule has 7 nitrogen and oxygen atoms in total. The molecule has 1 aliphatic rings. The van der Waals surface area contributed by atoms with Crippen LogP contribution in [-0.2, 0) is 9.31 Å². The van der Waals surface area contributed by atoms with Crippen molar-refractivity contribution in [1.82, 2.24) is 4.90 Å². The molecule has 1 saturated heterocycles. The number of hydrogen-bond donors (Lipinski definition) is 1. The van der Waals surface area contributed by atoms with Gasteiger partial charge in [-0.05, 0) is 85.3 Å². The maximum atomic E-state index is 12.2. The molecule has 0 bridgehead atoms. The highest BCUT2D eigenvalue weighted by molar-refractivity contribution is 6.62. The smallest absolute Gasteiger partial charge is 0.490 e. The topological polar surface area (TPSA) is 92.0 Å². The molecule has 1 amide bonds. The third-order valence-electron chi connectivity index (χ3n) is 6.44. The van der Waals surface area contributed by atoms with E-state index in [4.69, 9.17) is 14.0 Å². The van der Waals surface area contributed by atoms with Crippen molar-refractivity contribution >= 4 is 18.7 Å². The molecule has 0 spiro atoms. The first-order valence-corrected chi connectivity index (χ1v) is 11.5. The molecule has 1 aromatic rings. The summed E-state index contributed by atoms with van der Waals surface area (Å²) in [6, 6.07) is 7.48. The second-order valence-corrected chi connectivity index (χ2v) is 11.6. The van der Waals surface area contributed by atoms with Crippen molar-refractivity contribution in [2.24, 2.45) is 5.92 Å². The Morgan fingerprint density at radius 3 is 2.15 bits per heavy atom. The van der Waals surface area contributed by atoms with Crippen LogP contribution in [0.1, 0.15) is 81.2 Å². The Morgan fingerprint density at radius 1 is 1.18 bits per heavy atom. The molecular weight excluding hydrogens is 419 g/mol. The predicted octanol–water partition coefficient (Wildman–Crippen LogP) is 4.82. The first-order chi connectivity index (χ1) is 14.9. The summed E-state index contributed by atoms with van der Waals surface area (Å²) < 4.78 is 18.3. The van der Waals surface area contributed by atoms with Crippen LogP contribution in [0.5, 0.6) is 5.75 Å². The number of nitriles is 1. The van der Waals surface area contributed by atoms with Crippen molar-refractivity contribution in [1.29, 1.82) is 5.26 Å². The summed E-state index contributed by atoms with van der Waals surface area (Å²) >= 11 is 0. The number of rotatable bonds is 7. The van der Waals surface area contributed by atoms with Crippen LogP contribution in [0.3, 0.4) is 0 Å². The number of amides is 1. The van der Waals surface area contributed by atoms with Gasteiger partial charge in [0.25, 0.3) is 0 Å². The molecule has 0 aromatic heterocycles. The minimum Gasteiger partial charge on any atom is -0.490 e. The van der Waals surface area contributed by atoms with Crippen LogP contribution in [0, 0.1) is 17.2 Å². The zero-order valence-electron chi connectivity index (χ0n) is 21.8. The highest BCUT2D eigenvalue weighted by Gasteiger charge is 2.52. The van der Waals surface area contributed by atoms with E-state index >= 15 is 0 Å². The molecule has 1 heterocycles. The van der Waals surface area contributed by atoms with Gasteiger partial charge >= 0.3 is 13.2 Å². The lowest BCUT2D eigenvalue weighted by molar-refractivity contribution is -0.0109. The van der Waals surface area contributed by atoms with E-state index in [1.807, 2.05) is 61.5 Å². The fraction of sp³-hybridized carbons (Fsp3) is 0.680. The van der Waals surface area contributed by atoms with Gasteiger partial charge in [-0.15, -0.1) is 0 Å². The van der Waals surface area contributed by atoms with E-state index in [9.17, 15) is 15.2 Å². The zero-order chi connectivity index (χ0) is 25.4. The standard InChI is InChI=1S/C25H39BN2O5/c1-17(2)14-25(10,28(21(29)30)22(3,4)5)16-31-20-12-11-19(13-18(20)15-27)26-32-23(6,7)24(8,9)33-26/h11-13,17H,14,16H2,1-10H3,(H,29,30)/t25-/m0/s1. The van der Waals surface area contributed by atoms with Crippen molar-refractivity contribution in [3.63, 3.8) is 0 Å². The Kier molecular flexibility index (Phi) is 7.52. The summed E-state index contributed by atoms with van der Waals surface area (Å²) in [7, 11) is -0.578. The molecule has 1 aromatic carbocycles. The van der Waals surface area contributed by atoms with Crippen LogP contribution >= 0.6 is 0 Å². The van der Waals surface area contributed by atoms with Gasteiger partial charge in [-0.25, -0.2) is 4.79 Å². The van der Waals surface area contributed by atoms with Crippen LogP contribution in [0.25, 0.3) is 0 Å². The van der Waals surface area contributed by atoms with Gasteiger partial charge in [0, 0.05) is 5.54 Å². The second kappa shape index (κ2) is 9.19. The van der Waals surface area contributed by atoms with Crippen molar-refractivity contribution in [2.45, 2.75) is 97.9 Å². The van der Waals surface area contributed by atoms with Crippen molar-refractivity contribution in [2.75, 3.05) is 6.61 Å². The van der Waals surface area contributed by atoms with E-state index in [0.717, 1.165) is 5.46 Å². The lowest BCUT2D eigenvalue weighted by atomic mass is 9.78. The summed E-state index contributed by atoms with van der Waals surface area (Å²) in [5, 5.41) is 19.8. The molecule has 1 fully saturated rings. The molecule has 1 aliphatic heterocycles. The van der Waals surface area contributed by atoms with E-state index < -0.39 is 35.5 Å². The summed E-state index contributed by atoms with van der Waals surface area (Å²) in [6.45, 7) is 19.7. The fourth-order valence-electron chi connectivity index (χ4n) is 4.54.